The molecule has 1 unspecified atom stereocenters. The molecule has 1 fully saturated rings. The highest BCUT2D eigenvalue weighted by atomic mass is 79.9. The first-order chi connectivity index (χ1) is 9.48. The van der Waals surface area contributed by atoms with Gasteiger partial charge in [0.05, 0.1) is 10.9 Å². The van der Waals surface area contributed by atoms with Crippen molar-refractivity contribution in [2.45, 2.75) is 43.5 Å². The number of benzene rings is 1. The Kier molecular flexibility index (Phi) is 4.99. The van der Waals surface area contributed by atoms with E-state index in [1.54, 1.807) is 31.2 Å². The first-order valence-corrected chi connectivity index (χ1v) is 9.01. The predicted octanol–water partition coefficient (Wildman–Crippen LogP) is 2.97. The fraction of sp³-hybridized carbons (Fsp3) is 0.500. The third-order valence-corrected chi connectivity index (χ3v) is 6.52. The largest absolute Gasteiger partial charge is 0.298 e. The van der Waals surface area contributed by atoms with Crippen molar-refractivity contribution in [1.29, 1.82) is 0 Å². The maximum Gasteiger partial charge on any atom is 0.244 e. The molecule has 110 valence electrons. The number of hydrogen-bond acceptors (Lipinski definition) is 3. The molecular weight excluding hydrogens is 342 g/mol. The molecule has 0 N–H and O–H groups in total. The highest BCUT2D eigenvalue weighted by Crippen LogP contribution is 2.30. The summed E-state index contributed by atoms with van der Waals surface area (Å²) in [7, 11) is -3.63. The van der Waals surface area contributed by atoms with Gasteiger partial charge in [-0.05, 0) is 40.9 Å². The molecule has 0 radical (unpaired) electrons. The third kappa shape index (κ3) is 2.97. The summed E-state index contributed by atoms with van der Waals surface area (Å²) in [5.41, 5.74) is 0. The van der Waals surface area contributed by atoms with E-state index in [0.29, 0.717) is 23.9 Å². The van der Waals surface area contributed by atoms with E-state index in [1.807, 2.05) is 0 Å². The van der Waals surface area contributed by atoms with Crippen molar-refractivity contribution in [1.82, 2.24) is 4.31 Å². The van der Waals surface area contributed by atoms with Gasteiger partial charge in [0, 0.05) is 17.4 Å². The van der Waals surface area contributed by atoms with Crippen LogP contribution in [0, 0.1) is 0 Å². The average molecular weight is 360 g/mol. The summed E-state index contributed by atoms with van der Waals surface area (Å²) in [5, 5.41) is 0. The van der Waals surface area contributed by atoms with Crippen molar-refractivity contribution in [3.05, 3.63) is 28.7 Å². The number of ketones is 1. The number of halogens is 1. The molecule has 0 bridgehead atoms. The summed E-state index contributed by atoms with van der Waals surface area (Å²) in [6, 6.07) is 6.23. The van der Waals surface area contributed by atoms with Gasteiger partial charge in [0.15, 0.2) is 5.78 Å². The standard InChI is InChI=1S/C14H18BrNO3S/c1-2-13(17)12-8-5-6-10-16(12)20(18,19)14-9-4-3-7-11(14)15/h3-4,7,9,12H,2,5-6,8,10H2,1H3. The predicted molar refractivity (Wildman–Crippen MR) is 81.0 cm³/mol. The maximum atomic E-state index is 12.8. The number of rotatable bonds is 4. The van der Waals surface area contributed by atoms with E-state index in [2.05, 4.69) is 15.9 Å². The molecule has 1 heterocycles. The molecule has 0 spiro atoms. The Balaban J connectivity index is 2.41. The Morgan fingerprint density at radius 3 is 2.70 bits per heavy atom. The van der Waals surface area contributed by atoms with E-state index in [0.717, 1.165) is 12.8 Å². The number of hydrogen-bond donors (Lipinski definition) is 0. The lowest BCUT2D eigenvalue weighted by Crippen LogP contribution is -2.47. The lowest BCUT2D eigenvalue weighted by Gasteiger charge is -2.33. The number of sulfonamides is 1. The van der Waals surface area contributed by atoms with Crippen molar-refractivity contribution in [3.63, 3.8) is 0 Å². The minimum atomic E-state index is -3.63. The van der Waals surface area contributed by atoms with Gasteiger partial charge in [-0.15, -0.1) is 0 Å². The molecule has 0 aliphatic carbocycles. The number of carbonyl (C=O) groups is 1. The van der Waals surface area contributed by atoms with Crippen LogP contribution >= 0.6 is 15.9 Å². The SMILES string of the molecule is CCC(=O)C1CCCCN1S(=O)(=O)c1ccccc1Br. The van der Waals surface area contributed by atoms with Crippen molar-refractivity contribution >= 4 is 31.7 Å². The molecule has 1 aromatic carbocycles. The van der Waals surface area contributed by atoms with Crippen LogP contribution in [0.4, 0.5) is 0 Å². The molecule has 6 heteroatoms. The lowest BCUT2D eigenvalue weighted by atomic mass is 10.00. The van der Waals surface area contributed by atoms with Crippen LogP contribution in [-0.2, 0) is 14.8 Å². The summed E-state index contributed by atoms with van der Waals surface area (Å²) < 4.78 is 27.5. The second-order valence-corrected chi connectivity index (χ2v) is 7.59. The molecule has 1 atom stereocenters. The minimum absolute atomic E-state index is 0.000304. The summed E-state index contributed by atoms with van der Waals surface area (Å²) in [6.45, 7) is 2.19. The van der Waals surface area contributed by atoms with Gasteiger partial charge in [0.1, 0.15) is 0 Å². The Morgan fingerprint density at radius 1 is 1.35 bits per heavy atom. The summed E-state index contributed by atoms with van der Waals surface area (Å²) in [5.74, 6) is 0.000304. The van der Waals surface area contributed by atoms with Crippen LogP contribution in [0.1, 0.15) is 32.6 Å². The fourth-order valence-corrected chi connectivity index (χ4v) is 5.17. The maximum absolute atomic E-state index is 12.8. The van der Waals surface area contributed by atoms with E-state index in [4.69, 9.17) is 0 Å². The number of nitrogens with zero attached hydrogens (tertiary/aromatic N) is 1. The normalized spacial score (nSPS) is 20.8. The molecule has 0 saturated carbocycles. The van der Waals surface area contributed by atoms with Gasteiger partial charge in [-0.3, -0.25) is 4.79 Å². The minimum Gasteiger partial charge on any atom is -0.298 e. The molecule has 0 amide bonds. The highest BCUT2D eigenvalue weighted by Gasteiger charge is 2.37. The molecule has 0 aromatic heterocycles. The first-order valence-electron chi connectivity index (χ1n) is 6.77. The van der Waals surface area contributed by atoms with Gasteiger partial charge in [-0.1, -0.05) is 25.5 Å². The van der Waals surface area contributed by atoms with Crippen LogP contribution in [0.15, 0.2) is 33.6 Å². The van der Waals surface area contributed by atoms with Gasteiger partial charge < -0.3 is 0 Å². The van der Waals surface area contributed by atoms with Crippen molar-refractivity contribution in [3.8, 4) is 0 Å². The fourth-order valence-electron chi connectivity index (χ4n) is 2.53. The Bertz CT molecular complexity index is 600. The second-order valence-electron chi connectivity index (χ2n) is 4.88. The Morgan fingerprint density at radius 2 is 2.05 bits per heavy atom. The van der Waals surface area contributed by atoms with Crippen LogP contribution in [-0.4, -0.2) is 31.1 Å². The highest BCUT2D eigenvalue weighted by molar-refractivity contribution is 9.10. The molecule has 1 aliphatic heterocycles. The number of piperidine rings is 1. The first kappa shape index (κ1) is 15.7. The van der Waals surface area contributed by atoms with Crippen LogP contribution in [0.25, 0.3) is 0 Å². The van der Waals surface area contributed by atoms with Gasteiger partial charge >= 0.3 is 0 Å². The van der Waals surface area contributed by atoms with E-state index in [9.17, 15) is 13.2 Å². The van der Waals surface area contributed by atoms with E-state index >= 15 is 0 Å². The smallest absolute Gasteiger partial charge is 0.244 e. The number of carbonyl (C=O) groups excluding carboxylic acids is 1. The van der Waals surface area contributed by atoms with Gasteiger partial charge in [-0.2, -0.15) is 4.31 Å². The van der Waals surface area contributed by atoms with Crippen LogP contribution in [0.5, 0.6) is 0 Å². The molecule has 4 nitrogen and oxygen atoms in total. The number of Topliss-reactive ketones (excluding diaryl/α,β-unsaturated/α-hetero) is 1. The van der Waals surface area contributed by atoms with Crippen molar-refractivity contribution < 1.29 is 13.2 Å². The molecule has 1 aliphatic rings. The third-order valence-electron chi connectivity index (χ3n) is 3.60. The molecule has 1 aromatic rings. The molecule has 2 rings (SSSR count). The van der Waals surface area contributed by atoms with E-state index in [-0.39, 0.29) is 10.7 Å². The van der Waals surface area contributed by atoms with Crippen LogP contribution < -0.4 is 0 Å². The second kappa shape index (κ2) is 6.37. The monoisotopic (exact) mass is 359 g/mol. The van der Waals surface area contributed by atoms with Crippen molar-refractivity contribution in [2.75, 3.05) is 6.54 Å². The van der Waals surface area contributed by atoms with Crippen molar-refractivity contribution in [2.24, 2.45) is 0 Å². The van der Waals surface area contributed by atoms with E-state index < -0.39 is 16.1 Å². The zero-order chi connectivity index (χ0) is 14.8. The summed E-state index contributed by atoms with van der Waals surface area (Å²) in [6.07, 6.45) is 2.69. The lowest BCUT2D eigenvalue weighted by molar-refractivity contribution is -0.123. The van der Waals surface area contributed by atoms with Gasteiger partial charge in [0.2, 0.25) is 10.0 Å². The van der Waals surface area contributed by atoms with Gasteiger partial charge in [0.25, 0.3) is 0 Å². The van der Waals surface area contributed by atoms with Gasteiger partial charge in [-0.25, -0.2) is 8.42 Å². The van der Waals surface area contributed by atoms with Crippen LogP contribution in [0.2, 0.25) is 0 Å². The Labute approximate surface area is 128 Å². The Hall–Kier alpha value is -0.720. The molecule has 1 saturated heterocycles. The topological polar surface area (TPSA) is 54.5 Å². The zero-order valence-electron chi connectivity index (χ0n) is 11.4. The molecular formula is C14H18BrNO3S. The van der Waals surface area contributed by atoms with E-state index in [1.165, 1.54) is 4.31 Å². The van der Waals surface area contributed by atoms with Crippen LogP contribution in [0.3, 0.4) is 0 Å². The zero-order valence-corrected chi connectivity index (χ0v) is 13.8. The summed E-state index contributed by atoms with van der Waals surface area (Å²) in [4.78, 5) is 12.3. The molecule has 20 heavy (non-hydrogen) atoms. The summed E-state index contributed by atoms with van der Waals surface area (Å²) >= 11 is 3.28. The average Bonchev–Trinajstić information content (AvgIpc) is 2.46. The quantitative estimate of drug-likeness (QED) is 0.830.